The molecule has 0 amide bonds. The van der Waals surface area contributed by atoms with Gasteiger partial charge in [-0.3, -0.25) is 4.98 Å². The van der Waals surface area contributed by atoms with E-state index in [1.165, 1.54) is 0 Å². The summed E-state index contributed by atoms with van der Waals surface area (Å²) >= 11 is 0. The Kier molecular flexibility index (Phi) is 5.55. The molecule has 32 heavy (non-hydrogen) atoms. The summed E-state index contributed by atoms with van der Waals surface area (Å²) in [5, 5.41) is 9.32. The van der Waals surface area contributed by atoms with Crippen LogP contribution in [0.25, 0.3) is 38.6 Å². The van der Waals surface area contributed by atoms with Crippen LogP contribution in [-0.2, 0) is 4.79 Å². The van der Waals surface area contributed by atoms with E-state index in [4.69, 9.17) is 9.90 Å². The van der Waals surface area contributed by atoms with Gasteiger partial charge in [0, 0.05) is 41.2 Å². The minimum absolute atomic E-state index is 0.984. The molecule has 5 rings (SSSR count). The molecule has 0 aliphatic heterocycles. The number of carboxylic acid groups (broad SMARTS) is 1. The van der Waals surface area contributed by atoms with Gasteiger partial charge >= 0.3 is 12.1 Å². The van der Waals surface area contributed by atoms with Crippen LogP contribution in [0.4, 0.5) is 13.2 Å². The second-order valence-electron chi connectivity index (χ2n) is 6.74. The Balaban J connectivity index is 0.000000307. The van der Waals surface area contributed by atoms with E-state index < -0.39 is 12.1 Å². The van der Waals surface area contributed by atoms with Gasteiger partial charge in [-0.25, -0.2) is 14.8 Å². The average Bonchev–Trinajstić information content (AvgIpc) is 3.24. The van der Waals surface area contributed by atoms with Gasteiger partial charge in [-0.05, 0) is 47.5 Å². The number of hydrogen-bond donors (Lipinski definition) is 1. The first-order valence-corrected chi connectivity index (χ1v) is 9.35. The molecule has 0 bridgehead atoms. The minimum Gasteiger partial charge on any atom is -0.475 e. The van der Waals surface area contributed by atoms with Gasteiger partial charge in [0.15, 0.2) is 0 Å². The number of benzene rings is 2. The summed E-state index contributed by atoms with van der Waals surface area (Å²) in [6.07, 6.45) is 4.12. The van der Waals surface area contributed by atoms with E-state index in [0.717, 1.165) is 38.6 Å². The van der Waals surface area contributed by atoms with E-state index in [1.807, 2.05) is 18.5 Å². The van der Waals surface area contributed by atoms with Crippen molar-refractivity contribution in [2.75, 3.05) is 0 Å². The largest absolute Gasteiger partial charge is 0.490 e. The fourth-order valence-corrected chi connectivity index (χ4v) is 3.24. The molecule has 0 saturated heterocycles. The van der Waals surface area contributed by atoms with Crippen molar-refractivity contribution in [3.05, 3.63) is 85.7 Å². The first-order valence-electron chi connectivity index (χ1n) is 9.35. The number of carboxylic acids is 1. The van der Waals surface area contributed by atoms with Crippen molar-refractivity contribution < 1.29 is 23.1 Å². The lowest BCUT2D eigenvalue weighted by atomic mass is 10.1. The van der Waals surface area contributed by atoms with Crippen LogP contribution in [-0.4, -0.2) is 36.8 Å². The van der Waals surface area contributed by atoms with E-state index in [1.54, 1.807) is 12.5 Å². The highest BCUT2D eigenvalue weighted by atomic mass is 19.4. The summed E-state index contributed by atoms with van der Waals surface area (Å²) in [5.41, 5.74) is 5.52. The summed E-state index contributed by atoms with van der Waals surface area (Å²) in [4.78, 5) is 21.6. The molecule has 0 radical (unpaired) electrons. The second kappa shape index (κ2) is 8.46. The quantitative estimate of drug-likeness (QED) is 0.408. The molecule has 0 aliphatic carbocycles. The van der Waals surface area contributed by atoms with Crippen molar-refractivity contribution in [1.29, 1.82) is 0 Å². The monoisotopic (exact) mass is 436 g/mol. The van der Waals surface area contributed by atoms with Gasteiger partial charge in [0.25, 0.3) is 0 Å². The van der Waals surface area contributed by atoms with Gasteiger partial charge < -0.3 is 9.67 Å². The van der Waals surface area contributed by atoms with Crippen LogP contribution in [0.5, 0.6) is 0 Å². The molecular weight excluding hydrogens is 421 g/mol. The van der Waals surface area contributed by atoms with Crippen LogP contribution in [0.3, 0.4) is 0 Å². The van der Waals surface area contributed by atoms with Crippen molar-refractivity contribution in [2.45, 2.75) is 6.18 Å². The number of fused-ring (bicyclic) bond motifs is 3. The molecule has 3 aromatic heterocycles. The molecular formula is C23H15F3N4O2. The van der Waals surface area contributed by atoms with Crippen molar-refractivity contribution in [3.8, 4) is 16.8 Å². The van der Waals surface area contributed by atoms with Gasteiger partial charge in [0.2, 0.25) is 0 Å². The van der Waals surface area contributed by atoms with Crippen molar-refractivity contribution in [1.82, 2.24) is 19.5 Å². The molecule has 0 saturated carbocycles. The molecule has 0 spiro atoms. The van der Waals surface area contributed by atoms with Gasteiger partial charge in [0.1, 0.15) is 6.33 Å². The van der Waals surface area contributed by atoms with Crippen LogP contribution in [0, 0.1) is 0 Å². The summed E-state index contributed by atoms with van der Waals surface area (Å²) in [5.74, 6) is -2.76. The predicted molar refractivity (Wildman–Crippen MR) is 113 cm³/mol. The van der Waals surface area contributed by atoms with E-state index >= 15 is 0 Å². The number of halogens is 3. The number of rotatable bonds is 2. The van der Waals surface area contributed by atoms with Crippen LogP contribution < -0.4 is 0 Å². The molecule has 6 nitrogen and oxygen atoms in total. The summed E-state index contributed by atoms with van der Waals surface area (Å²) in [7, 11) is 0. The van der Waals surface area contributed by atoms with Crippen molar-refractivity contribution >= 4 is 27.8 Å². The van der Waals surface area contributed by atoms with Crippen LogP contribution >= 0.6 is 0 Å². The third-order valence-electron chi connectivity index (χ3n) is 4.73. The zero-order chi connectivity index (χ0) is 22.7. The summed E-state index contributed by atoms with van der Waals surface area (Å²) in [6, 6.07) is 18.8. The van der Waals surface area contributed by atoms with Gasteiger partial charge in [0.05, 0.1) is 11.0 Å². The van der Waals surface area contributed by atoms with Crippen molar-refractivity contribution in [3.63, 3.8) is 0 Å². The second-order valence-corrected chi connectivity index (χ2v) is 6.74. The van der Waals surface area contributed by atoms with Crippen LogP contribution in [0.15, 0.2) is 85.7 Å². The van der Waals surface area contributed by atoms with Gasteiger partial charge in [-0.1, -0.05) is 18.2 Å². The van der Waals surface area contributed by atoms with Gasteiger partial charge in [-0.15, -0.1) is 0 Å². The number of aromatic nitrogens is 4. The lowest BCUT2D eigenvalue weighted by Gasteiger charge is -2.08. The maximum atomic E-state index is 10.6. The molecule has 160 valence electrons. The van der Waals surface area contributed by atoms with Crippen LogP contribution in [0.1, 0.15) is 0 Å². The number of nitrogens with zero attached hydrogens (tertiary/aromatic N) is 4. The van der Waals surface area contributed by atoms with E-state index in [0.29, 0.717) is 0 Å². The molecule has 0 unspecified atom stereocenters. The number of alkyl halides is 3. The standard InChI is InChI=1S/C21H14N4.C2HF3O2/c1-2-16(12-22-10-1)15-3-6-18(7-4-15)25-11-9-19-20(25)8-5-17-13-23-14-24-21(17)19;3-2(4,5)1(6)7/h1-14H;(H,6,7). The highest BCUT2D eigenvalue weighted by molar-refractivity contribution is 6.04. The topological polar surface area (TPSA) is 80.9 Å². The SMILES string of the molecule is O=C(O)C(F)(F)F.c1cncc(-c2ccc(-n3ccc4c5ncncc5ccc43)cc2)c1. The molecule has 2 aromatic carbocycles. The Hall–Kier alpha value is -4.27. The van der Waals surface area contributed by atoms with E-state index in [-0.39, 0.29) is 0 Å². The lowest BCUT2D eigenvalue weighted by molar-refractivity contribution is -0.192. The highest BCUT2D eigenvalue weighted by Gasteiger charge is 2.38. The van der Waals surface area contributed by atoms with E-state index in [9.17, 15) is 13.2 Å². The maximum absolute atomic E-state index is 10.6. The van der Waals surface area contributed by atoms with Gasteiger partial charge in [-0.2, -0.15) is 13.2 Å². The molecule has 0 atom stereocenters. The first kappa shape index (κ1) is 21.0. The molecule has 0 aliphatic rings. The average molecular weight is 436 g/mol. The van der Waals surface area contributed by atoms with Crippen LogP contribution in [0.2, 0.25) is 0 Å². The Morgan fingerprint density at radius 1 is 0.906 bits per heavy atom. The molecule has 9 heteroatoms. The zero-order valence-corrected chi connectivity index (χ0v) is 16.4. The highest BCUT2D eigenvalue weighted by Crippen LogP contribution is 2.27. The molecule has 1 N–H and O–H groups in total. The maximum Gasteiger partial charge on any atom is 0.490 e. The zero-order valence-electron chi connectivity index (χ0n) is 16.4. The smallest absolute Gasteiger partial charge is 0.475 e. The summed E-state index contributed by atoms with van der Waals surface area (Å²) in [6.45, 7) is 0. The Labute approximate surface area is 179 Å². The molecule has 3 heterocycles. The summed E-state index contributed by atoms with van der Waals surface area (Å²) < 4.78 is 33.9. The Morgan fingerprint density at radius 2 is 1.66 bits per heavy atom. The minimum atomic E-state index is -5.08. The lowest BCUT2D eigenvalue weighted by Crippen LogP contribution is -2.21. The predicted octanol–water partition coefficient (Wildman–Crippen LogP) is 5.27. The number of pyridine rings is 1. The Bertz CT molecular complexity index is 1380. The van der Waals surface area contributed by atoms with Crippen molar-refractivity contribution in [2.24, 2.45) is 0 Å². The third kappa shape index (κ3) is 4.27. The third-order valence-corrected chi connectivity index (χ3v) is 4.73. The molecule has 5 aromatic rings. The normalized spacial score (nSPS) is 11.2. The first-order chi connectivity index (χ1) is 15.3. The Morgan fingerprint density at radius 3 is 2.31 bits per heavy atom. The number of aliphatic carboxylic acids is 1. The fraction of sp³-hybridized carbons (Fsp3) is 0.0435. The number of hydrogen-bond acceptors (Lipinski definition) is 4. The number of carbonyl (C=O) groups is 1. The fourth-order valence-electron chi connectivity index (χ4n) is 3.24. The molecule has 0 fully saturated rings. The van der Waals surface area contributed by atoms with E-state index in [2.05, 4.69) is 74.2 Å².